The van der Waals surface area contributed by atoms with Gasteiger partial charge in [-0.25, -0.2) is 8.42 Å². The lowest BCUT2D eigenvalue weighted by molar-refractivity contribution is -0.386. The van der Waals surface area contributed by atoms with E-state index in [-0.39, 0.29) is 16.3 Å². The van der Waals surface area contributed by atoms with Crippen LogP contribution in [0.2, 0.25) is 0 Å². The van der Waals surface area contributed by atoms with Gasteiger partial charge in [-0.05, 0) is 25.0 Å². The Morgan fingerprint density at radius 3 is 2.33 bits per heavy atom. The Hall–Kier alpha value is -1.67. The van der Waals surface area contributed by atoms with Gasteiger partial charge in [0.05, 0.1) is 4.92 Å². The molecule has 1 aromatic carbocycles. The first-order valence-electron chi connectivity index (χ1n) is 6.94. The number of rotatable bonds is 4. The van der Waals surface area contributed by atoms with Crippen molar-refractivity contribution in [2.75, 3.05) is 25.5 Å². The van der Waals surface area contributed by atoms with Gasteiger partial charge in [0, 0.05) is 20.1 Å². The summed E-state index contributed by atoms with van der Waals surface area (Å²) in [4.78, 5) is 10.4. The van der Waals surface area contributed by atoms with Crippen LogP contribution in [0.3, 0.4) is 0 Å². The van der Waals surface area contributed by atoms with Crippen LogP contribution < -0.4 is 5.32 Å². The van der Waals surface area contributed by atoms with E-state index in [1.54, 1.807) is 0 Å². The highest BCUT2D eigenvalue weighted by atomic mass is 32.2. The van der Waals surface area contributed by atoms with E-state index < -0.39 is 14.9 Å². The number of anilines is 1. The highest BCUT2D eigenvalue weighted by molar-refractivity contribution is 7.89. The number of hydrogen-bond donors (Lipinski definition) is 1. The lowest BCUT2D eigenvalue weighted by Crippen LogP contribution is -2.32. The molecule has 0 aliphatic carbocycles. The summed E-state index contributed by atoms with van der Waals surface area (Å²) in [7, 11) is -2.31. The molecule has 0 spiro atoms. The molecule has 1 aromatic rings. The van der Waals surface area contributed by atoms with Gasteiger partial charge in [0.15, 0.2) is 4.90 Å². The molecule has 1 aliphatic heterocycles. The Morgan fingerprint density at radius 1 is 1.19 bits per heavy atom. The number of nitro benzene ring substituents is 1. The molecule has 1 heterocycles. The van der Waals surface area contributed by atoms with E-state index >= 15 is 0 Å². The average Bonchev–Trinajstić information content (AvgIpc) is 2.75. The fraction of sp³-hybridized carbons (Fsp3) is 0.538. The van der Waals surface area contributed by atoms with Crippen molar-refractivity contribution in [3.8, 4) is 0 Å². The van der Waals surface area contributed by atoms with Crippen molar-refractivity contribution in [1.82, 2.24) is 4.31 Å². The van der Waals surface area contributed by atoms with Gasteiger partial charge in [0.25, 0.3) is 0 Å². The van der Waals surface area contributed by atoms with Gasteiger partial charge in [0.1, 0.15) is 5.69 Å². The normalized spacial score (nSPS) is 17.2. The van der Waals surface area contributed by atoms with Crippen molar-refractivity contribution in [2.45, 2.75) is 30.6 Å². The molecule has 0 saturated carbocycles. The molecule has 0 bridgehead atoms. The summed E-state index contributed by atoms with van der Waals surface area (Å²) in [5.41, 5.74) is -0.180. The molecule has 21 heavy (non-hydrogen) atoms. The van der Waals surface area contributed by atoms with Crippen molar-refractivity contribution >= 4 is 21.4 Å². The molecule has 0 unspecified atom stereocenters. The van der Waals surface area contributed by atoms with Crippen LogP contribution >= 0.6 is 0 Å². The predicted molar refractivity (Wildman–Crippen MR) is 79.9 cm³/mol. The molecular formula is C13H19N3O4S. The third kappa shape index (κ3) is 3.16. The molecule has 1 aliphatic rings. The van der Waals surface area contributed by atoms with Crippen LogP contribution in [0.1, 0.15) is 25.7 Å². The Morgan fingerprint density at radius 2 is 1.81 bits per heavy atom. The first-order valence-corrected chi connectivity index (χ1v) is 8.38. The van der Waals surface area contributed by atoms with Crippen molar-refractivity contribution in [2.24, 2.45) is 0 Å². The zero-order valence-electron chi connectivity index (χ0n) is 11.9. The number of nitrogens with one attached hydrogen (secondary N) is 1. The highest BCUT2D eigenvalue weighted by Gasteiger charge is 2.33. The van der Waals surface area contributed by atoms with Crippen LogP contribution in [-0.4, -0.2) is 37.8 Å². The van der Waals surface area contributed by atoms with Crippen molar-refractivity contribution in [3.05, 3.63) is 28.3 Å². The number of hydrogen-bond acceptors (Lipinski definition) is 5. The molecular weight excluding hydrogens is 294 g/mol. The quantitative estimate of drug-likeness (QED) is 0.679. The van der Waals surface area contributed by atoms with E-state index in [1.165, 1.54) is 29.6 Å². The average molecular weight is 313 g/mol. The molecule has 1 N–H and O–H groups in total. The first kappa shape index (κ1) is 15.7. The highest BCUT2D eigenvalue weighted by Crippen LogP contribution is 2.34. The maximum absolute atomic E-state index is 12.7. The van der Waals surface area contributed by atoms with Gasteiger partial charge in [0.2, 0.25) is 10.0 Å². The van der Waals surface area contributed by atoms with Gasteiger partial charge < -0.3 is 5.32 Å². The van der Waals surface area contributed by atoms with Gasteiger partial charge in [-0.15, -0.1) is 0 Å². The van der Waals surface area contributed by atoms with Crippen LogP contribution in [0.25, 0.3) is 0 Å². The summed E-state index contributed by atoms with van der Waals surface area (Å²) < 4.78 is 26.8. The number of benzene rings is 1. The molecule has 7 nitrogen and oxygen atoms in total. The Labute approximate surface area is 124 Å². The van der Waals surface area contributed by atoms with Gasteiger partial charge in [-0.1, -0.05) is 18.9 Å². The lowest BCUT2D eigenvalue weighted by atomic mass is 10.2. The molecule has 0 aromatic heterocycles. The zero-order valence-corrected chi connectivity index (χ0v) is 12.7. The second-order valence-corrected chi connectivity index (χ2v) is 6.88. The minimum absolute atomic E-state index is 0.205. The summed E-state index contributed by atoms with van der Waals surface area (Å²) in [6.45, 7) is 0.840. The first-order chi connectivity index (χ1) is 9.98. The SMILES string of the molecule is CNc1cccc(S(=O)(=O)N2CCCCCC2)c1[N+](=O)[O-]. The second kappa shape index (κ2) is 6.40. The van der Waals surface area contributed by atoms with Crippen LogP contribution in [0.4, 0.5) is 11.4 Å². The molecule has 1 saturated heterocycles. The Kier molecular flexibility index (Phi) is 4.79. The smallest absolute Gasteiger partial charge is 0.312 e. The standard InChI is InChI=1S/C13H19N3O4S/c1-14-11-7-6-8-12(13(11)16(17)18)21(19,20)15-9-4-2-3-5-10-15/h6-8,14H,2-5,9-10H2,1H3. The largest absolute Gasteiger partial charge is 0.383 e. The summed E-state index contributed by atoms with van der Waals surface area (Å²) in [6.07, 6.45) is 3.56. The van der Waals surface area contributed by atoms with Gasteiger partial charge in [-0.2, -0.15) is 4.31 Å². The Balaban J connectivity index is 2.51. The van der Waals surface area contributed by atoms with E-state index in [1.807, 2.05) is 0 Å². The number of sulfonamides is 1. The Bertz CT molecular complexity index is 622. The molecule has 2 rings (SSSR count). The lowest BCUT2D eigenvalue weighted by Gasteiger charge is -2.20. The number of para-hydroxylation sites is 1. The molecule has 116 valence electrons. The number of nitrogens with zero attached hydrogens (tertiary/aromatic N) is 2. The van der Waals surface area contributed by atoms with E-state index in [0.717, 1.165) is 25.7 Å². The zero-order chi connectivity index (χ0) is 15.5. The van der Waals surface area contributed by atoms with Crippen LogP contribution in [0.15, 0.2) is 23.1 Å². The fourth-order valence-corrected chi connectivity index (χ4v) is 4.24. The third-order valence-corrected chi connectivity index (χ3v) is 5.56. The minimum atomic E-state index is -3.84. The van der Waals surface area contributed by atoms with Gasteiger partial charge >= 0.3 is 5.69 Å². The summed E-state index contributed by atoms with van der Waals surface area (Å²) in [5.74, 6) is 0. The molecule has 8 heteroatoms. The fourth-order valence-electron chi connectivity index (χ4n) is 2.54. The molecule has 0 amide bonds. The van der Waals surface area contributed by atoms with E-state index in [9.17, 15) is 18.5 Å². The summed E-state index contributed by atoms with van der Waals surface area (Å²) >= 11 is 0. The summed E-state index contributed by atoms with van der Waals surface area (Å²) in [6, 6.07) is 4.32. The van der Waals surface area contributed by atoms with Crippen LogP contribution in [0, 0.1) is 10.1 Å². The van der Waals surface area contributed by atoms with Crippen LogP contribution in [-0.2, 0) is 10.0 Å². The maximum Gasteiger partial charge on any atom is 0.312 e. The third-order valence-electron chi connectivity index (χ3n) is 3.63. The monoisotopic (exact) mass is 313 g/mol. The number of nitro groups is 1. The summed E-state index contributed by atoms with van der Waals surface area (Å²) in [5, 5.41) is 14.0. The second-order valence-electron chi connectivity index (χ2n) is 4.98. The molecule has 1 fully saturated rings. The van der Waals surface area contributed by atoms with Crippen molar-refractivity contribution in [3.63, 3.8) is 0 Å². The minimum Gasteiger partial charge on any atom is -0.383 e. The molecule has 0 atom stereocenters. The molecule has 0 radical (unpaired) electrons. The van der Waals surface area contributed by atoms with Gasteiger partial charge in [-0.3, -0.25) is 10.1 Å². The van der Waals surface area contributed by atoms with Crippen LogP contribution in [0.5, 0.6) is 0 Å². The van der Waals surface area contributed by atoms with E-state index in [0.29, 0.717) is 13.1 Å². The van der Waals surface area contributed by atoms with Crippen molar-refractivity contribution in [1.29, 1.82) is 0 Å². The van der Waals surface area contributed by atoms with Crippen molar-refractivity contribution < 1.29 is 13.3 Å². The van der Waals surface area contributed by atoms with E-state index in [4.69, 9.17) is 0 Å². The maximum atomic E-state index is 12.7. The predicted octanol–water partition coefficient (Wildman–Crippen LogP) is 2.20. The van der Waals surface area contributed by atoms with E-state index in [2.05, 4.69) is 5.32 Å². The topological polar surface area (TPSA) is 92.6 Å².